The molecular formula is C55H88O5. The fourth-order valence-electron chi connectivity index (χ4n) is 5.94. The summed E-state index contributed by atoms with van der Waals surface area (Å²) < 4.78 is 17.2. The molecule has 0 aliphatic carbocycles. The third-order valence-electron chi connectivity index (χ3n) is 9.48. The van der Waals surface area contributed by atoms with E-state index in [9.17, 15) is 9.59 Å². The molecule has 0 spiro atoms. The van der Waals surface area contributed by atoms with Crippen LogP contribution in [-0.2, 0) is 23.8 Å². The van der Waals surface area contributed by atoms with Crippen LogP contribution in [0.2, 0.25) is 0 Å². The molecule has 0 rings (SSSR count). The Labute approximate surface area is 369 Å². The van der Waals surface area contributed by atoms with Gasteiger partial charge in [0.1, 0.15) is 6.61 Å². The Morgan fingerprint density at radius 1 is 0.383 bits per heavy atom. The lowest BCUT2D eigenvalue weighted by Gasteiger charge is -2.18. The number of allylic oxidation sites excluding steroid dienone is 20. The maximum Gasteiger partial charge on any atom is 0.306 e. The first-order chi connectivity index (χ1) is 29.6. The summed E-state index contributed by atoms with van der Waals surface area (Å²) in [6, 6.07) is 0. The maximum absolute atomic E-state index is 12.7. The monoisotopic (exact) mass is 829 g/mol. The fourth-order valence-corrected chi connectivity index (χ4v) is 5.94. The largest absolute Gasteiger partial charge is 0.462 e. The second-order valence-corrected chi connectivity index (χ2v) is 15.2. The van der Waals surface area contributed by atoms with Crippen molar-refractivity contribution in [1.29, 1.82) is 0 Å². The number of ether oxygens (including phenoxy) is 3. The van der Waals surface area contributed by atoms with Crippen LogP contribution in [-0.4, -0.2) is 37.9 Å². The van der Waals surface area contributed by atoms with Crippen molar-refractivity contribution in [1.82, 2.24) is 0 Å². The summed E-state index contributed by atoms with van der Waals surface area (Å²) in [5.41, 5.74) is 0. The second kappa shape index (κ2) is 49.7. The van der Waals surface area contributed by atoms with Gasteiger partial charge < -0.3 is 14.2 Å². The van der Waals surface area contributed by atoms with Crippen LogP contribution in [0, 0.1) is 0 Å². The quantitative estimate of drug-likeness (QED) is 0.0348. The highest BCUT2D eigenvalue weighted by atomic mass is 16.6. The van der Waals surface area contributed by atoms with E-state index in [2.05, 4.69) is 136 Å². The van der Waals surface area contributed by atoms with E-state index in [-0.39, 0.29) is 25.2 Å². The molecular weight excluding hydrogens is 741 g/mol. The Kier molecular flexibility index (Phi) is 46.6. The van der Waals surface area contributed by atoms with Gasteiger partial charge >= 0.3 is 11.9 Å². The summed E-state index contributed by atoms with van der Waals surface area (Å²) in [5.74, 6) is -0.528. The molecule has 0 aromatic carbocycles. The minimum atomic E-state index is -0.589. The summed E-state index contributed by atoms with van der Waals surface area (Å²) >= 11 is 0. The van der Waals surface area contributed by atoms with E-state index in [1.165, 1.54) is 32.1 Å². The zero-order valence-corrected chi connectivity index (χ0v) is 38.7. The van der Waals surface area contributed by atoms with Gasteiger partial charge in [0, 0.05) is 19.4 Å². The first-order valence-corrected chi connectivity index (χ1v) is 24.1. The van der Waals surface area contributed by atoms with Gasteiger partial charge in [-0.25, -0.2) is 0 Å². The van der Waals surface area contributed by atoms with E-state index >= 15 is 0 Å². The van der Waals surface area contributed by atoms with Crippen LogP contribution < -0.4 is 0 Å². The van der Waals surface area contributed by atoms with Crippen LogP contribution in [0.3, 0.4) is 0 Å². The third kappa shape index (κ3) is 47.0. The molecule has 0 saturated heterocycles. The van der Waals surface area contributed by atoms with Gasteiger partial charge in [-0.2, -0.15) is 0 Å². The van der Waals surface area contributed by atoms with Gasteiger partial charge in [0.05, 0.1) is 6.61 Å². The van der Waals surface area contributed by atoms with Gasteiger partial charge in [0.25, 0.3) is 0 Å². The van der Waals surface area contributed by atoms with Gasteiger partial charge in [-0.3, -0.25) is 9.59 Å². The number of esters is 2. The van der Waals surface area contributed by atoms with Crippen molar-refractivity contribution in [2.24, 2.45) is 0 Å². The Bertz CT molecular complexity index is 1260. The zero-order chi connectivity index (χ0) is 43.5. The Morgan fingerprint density at radius 2 is 0.783 bits per heavy atom. The van der Waals surface area contributed by atoms with E-state index in [1.807, 2.05) is 6.08 Å². The molecule has 1 unspecified atom stereocenters. The second-order valence-electron chi connectivity index (χ2n) is 15.2. The Balaban J connectivity index is 4.40. The highest BCUT2D eigenvalue weighted by molar-refractivity contribution is 5.70. The number of carbonyl (C=O) groups is 2. The average Bonchev–Trinajstić information content (AvgIpc) is 3.25. The molecule has 0 aromatic heterocycles. The molecule has 0 N–H and O–H groups in total. The van der Waals surface area contributed by atoms with Crippen molar-refractivity contribution >= 4 is 11.9 Å². The van der Waals surface area contributed by atoms with Crippen LogP contribution >= 0.6 is 0 Å². The van der Waals surface area contributed by atoms with E-state index in [0.29, 0.717) is 25.9 Å². The maximum atomic E-state index is 12.7. The summed E-state index contributed by atoms with van der Waals surface area (Å²) in [6.45, 7) is 7.39. The van der Waals surface area contributed by atoms with Crippen molar-refractivity contribution in [2.45, 2.75) is 194 Å². The highest BCUT2D eigenvalue weighted by Crippen LogP contribution is 2.11. The summed E-state index contributed by atoms with van der Waals surface area (Å²) in [7, 11) is 0. The normalized spacial score (nSPS) is 13.3. The van der Waals surface area contributed by atoms with Crippen LogP contribution in [0.5, 0.6) is 0 Å². The first kappa shape index (κ1) is 56.3. The van der Waals surface area contributed by atoms with E-state index in [1.54, 1.807) is 0 Å². The fraction of sp³-hybridized carbons (Fsp3) is 0.600. The molecule has 0 radical (unpaired) electrons. The molecule has 0 aromatic rings. The molecule has 0 aliphatic heterocycles. The van der Waals surface area contributed by atoms with Crippen LogP contribution in [0.15, 0.2) is 122 Å². The van der Waals surface area contributed by atoms with Gasteiger partial charge in [-0.15, -0.1) is 0 Å². The molecule has 0 saturated carbocycles. The average molecular weight is 829 g/mol. The van der Waals surface area contributed by atoms with Gasteiger partial charge in [0.2, 0.25) is 0 Å². The summed E-state index contributed by atoms with van der Waals surface area (Å²) in [5, 5.41) is 0. The molecule has 5 heteroatoms. The van der Waals surface area contributed by atoms with Crippen molar-refractivity contribution in [3.05, 3.63) is 122 Å². The number of unbranched alkanes of at least 4 members (excludes halogenated alkanes) is 11. The van der Waals surface area contributed by atoms with Gasteiger partial charge in [-0.1, -0.05) is 187 Å². The number of hydrogen-bond donors (Lipinski definition) is 0. The standard InChI is InChI=1S/C55H88O5/c1-4-7-10-13-16-19-22-24-25-26-27-28-29-30-32-35-38-41-44-47-50-58-51-53(60-55(57)49-46-43-40-37-33-21-18-15-12-9-6-3)52-59-54(56)48-45-42-39-36-34-31-23-20-17-14-11-8-5-2/h7-8,10-11,15-20,24-25,27-28,30-32,34,39,42,53H,4-6,9,12-14,21-23,26,29,33,35-38,40-41,43-52H2,1-3H3/b10-7-,11-8-,18-15-,19-16-,20-17-,25-24-,28-27-,32-30-,34-31-,42-39-. The van der Waals surface area contributed by atoms with Crippen LogP contribution in [0.25, 0.3) is 0 Å². The minimum absolute atomic E-state index is 0.0256. The lowest BCUT2D eigenvalue weighted by Crippen LogP contribution is -2.30. The van der Waals surface area contributed by atoms with Crippen LogP contribution in [0.4, 0.5) is 0 Å². The van der Waals surface area contributed by atoms with E-state index in [0.717, 1.165) is 116 Å². The lowest BCUT2D eigenvalue weighted by atomic mass is 10.1. The van der Waals surface area contributed by atoms with Crippen molar-refractivity contribution < 1.29 is 23.8 Å². The summed E-state index contributed by atoms with van der Waals surface area (Å²) in [6.07, 6.45) is 69.3. The first-order valence-electron chi connectivity index (χ1n) is 24.1. The number of rotatable bonds is 42. The predicted octanol–water partition coefficient (Wildman–Crippen LogP) is 16.2. The molecule has 0 bridgehead atoms. The molecule has 0 aliphatic rings. The topological polar surface area (TPSA) is 61.8 Å². The smallest absolute Gasteiger partial charge is 0.306 e. The molecule has 338 valence electrons. The molecule has 0 amide bonds. The minimum Gasteiger partial charge on any atom is -0.462 e. The van der Waals surface area contributed by atoms with E-state index in [4.69, 9.17) is 14.2 Å². The molecule has 0 heterocycles. The number of carbonyl (C=O) groups excluding carboxylic acids is 2. The van der Waals surface area contributed by atoms with Crippen molar-refractivity contribution in [2.75, 3.05) is 19.8 Å². The summed E-state index contributed by atoms with van der Waals surface area (Å²) in [4.78, 5) is 25.2. The highest BCUT2D eigenvalue weighted by Gasteiger charge is 2.17. The zero-order valence-electron chi connectivity index (χ0n) is 38.7. The van der Waals surface area contributed by atoms with Crippen molar-refractivity contribution in [3.63, 3.8) is 0 Å². The Morgan fingerprint density at radius 3 is 1.28 bits per heavy atom. The van der Waals surface area contributed by atoms with Crippen molar-refractivity contribution in [3.8, 4) is 0 Å². The third-order valence-corrected chi connectivity index (χ3v) is 9.48. The van der Waals surface area contributed by atoms with Gasteiger partial charge in [-0.05, 0) is 109 Å². The van der Waals surface area contributed by atoms with Gasteiger partial charge in [0.15, 0.2) is 6.10 Å². The lowest BCUT2D eigenvalue weighted by molar-refractivity contribution is -0.162. The van der Waals surface area contributed by atoms with E-state index < -0.39 is 6.10 Å². The predicted molar refractivity (Wildman–Crippen MR) is 260 cm³/mol. The Hall–Kier alpha value is -3.70. The molecule has 1 atom stereocenters. The number of hydrogen-bond acceptors (Lipinski definition) is 5. The SMILES string of the molecule is CC/C=C\C/C=C\C/C=C\C/C=C\C/C=C\CCCCCCOCC(COC(=O)CC/C=C\C/C=C\C/C=C\C/C=C\CC)OC(=O)CCCCCCC/C=C\CCCC. The van der Waals surface area contributed by atoms with Crippen LogP contribution in [0.1, 0.15) is 188 Å². The molecule has 0 fully saturated rings. The molecule has 5 nitrogen and oxygen atoms in total. The molecule has 60 heavy (non-hydrogen) atoms.